The summed E-state index contributed by atoms with van der Waals surface area (Å²) in [5.41, 5.74) is 1.87. The maximum atomic E-state index is 10.8. The van der Waals surface area contributed by atoms with Crippen LogP contribution in [0.2, 0.25) is 10.0 Å². The lowest BCUT2D eigenvalue weighted by atomic mass is 10.0. The summed E-state index contributed by atoms with van der Waals surface area (Å²) in [6.07, 6.45) is 2.71. The molecule has 4 heteroatoms. The molecule has 0 aromatic heterocycles. The molecule has 0 unspecified atom stereocenters. The first kappa shape index (κ1) is 9.81. The minimum absolute atomic E-state index is 0.555. The molecule has 0 saturated heterocycles. The van der Waals surface area contributed by atoms with Crippen LogP contribution in [-0.2, 0) is 11.2 Å². The lowest BCUT2D eigenvalue weighted by Gasteiger charge is -2.27. The molecule has 0 fully saturated rings. The Hall–Kier alpha value is -0.730. The van der Waals surface area contributed by atoms with Crippen LogP contribution < -0.4 is 4.90 Å². The second kappa shape index (κ2) is 3.79. The van der Waals surface area contributed by atoms with E-state index in [0.717, 1.165) is 37.0 Å². The van der Waals surface area contributed by atoms with Crippen LogP contribution in [0, 0.1) is 0 Å². The topological polar surface area (TPSA) is 20.3 Å². The molecule has 2 nitrogen and oxygen atoms in total. The van der Waals surface area contributed by atoms with Crippen LogP contribution in [0.5, 0.6) is 0 Å². The molecule has 1 heterocycles. The third kappa shape index (κ3) is 1.60. The first-order valence-electron chi connectivity index (χ1n) is 4.42. The van der Waals surface area contributed by atoms with Crippen molar-refractivity contribution < 1.29 is 4.79 Å². The Morgan fingerprint density at radius 1 is 1.36 bits per heavy atom. The molecule has 1 aliphatic heterocycles. The number of amides is 1. The number of benzene rings is 1. The Balaban J connectivity index is 2.56. The standard InChI is InChI=1S/C10H9Cl2NO/c11-8-4-7-2-1-3-13(6-14)10(7)9(12)5-8/h4-6H,1-3H2. The highest BCUT2D eigenvalue weighted by Gasteiger charge is 2.19. The van der Waals surface area contributed by atoms with E-state index in [1.54, 1.807) is 11.0 Å². The molecule has 2 rings (SSSR count). The average Bonchev–Trinajstić information content (AvgIpc) is 2.16. The van der Waals surface area contributed by atoms with E-state index in [2.05, 4.69) is 0 Å². The minimum Gasteiger partial charge on any atom is -0.313 e. The largest absolute Gasteiger partial charge is 0.313 e. The highest BCUT2D eigenvalue weighted by Crippen LogP contribution is 2.35. The summed E-state index contributed by atoms with van der Waals surface area (Å²) in [4.78, 5) is 12.4. The number of carbonyl (C=O) groups is 1. The van der Waals surface area contributed by atoms with Gasteiger partial charge >= 0.3 is 0 Å². The van der Waals surface area contributed by atoms with E-state index < -0.39 is 0 Å². The van der Waals surface area contributed by atoms with Gasteiger partial charge in [0.2, 0.25) is 6.41 Å². The third-order valence-electron chi connectivity index (χ3n) is 2.37. The normalized spacial score (nSPS) is 15.1. The molecule has 0 spiro atoms. The van der Waals surface area contributed by atoms with Crippen molar-refractivity contribution in [3.63, 3.8) is 0 Å². The Kier molecular flexibility index (Phi) is 2.66. The first-order valence-corrected chi connectivity index (χ1v) is 5.18. The molecular weight excluding hydrogens is 221 g/mol. The zero-order valence-electron chi connectivity index (χ0n) is 7.46. The lowest BCUT2D eigenvalue weighted by molar-refractivity contribution is -0.107. The molecule has 0 radical (unpaired) electrons. The van der Waals surface area contributed by atoms with E-state index in [1.807, 2.05) is 6.07 Å². The van der Waals surface area contributed by atoms with Crippen molar-refractivity contribution in [2.24, 2.45) is 0 Å². The van der Waals surface area contributed by atoms with Crippen LogP contribution in [0.4, 0.5) is 5.69 Å². The molecule has 0 N–H and O–H groups in total. The molecular formula is C10H9Cl2NO. The van der Waals surface area contributed by atoms with Crippen molar-refractivity contribution in [1.82, 2.24) is 0 Å². The molecule has 0 saturated carbocycles. The van der Waals surface area contributed by atoms with E-state index in [-0.39, 0.29) is 0 Å². The number of anilines is 1. The van der Waals surface area contributed by atoms with Crippen LogP contribution >= 0.6 is 23.2 Å². The van der Waals surface area contributed by atoms with Crippen molar-refractivity contribution in [3.05, 3.63) is 27.7 Å². The van der Waals surface area contributed by atoms with Gasteiger partial charge in [0, 0.05) is 11.6 Å². The molecule has 74 valence electrons. The summed E-state index contributed by atoms with van der Waals surface area (Å²) in [5.74, 6) is 0. The quantitative estimate of drug-likeness (QED) is 0.679. The van der Waals surface area contributed by atoms with E-state index >= 15 is 0 Å². The van der Waals surface area contributed by atoms with Crippen molar-refractivity contribution in [2.45, 2.75) is 12.8 Å². The zero-order chi connectivity index (χ0) is 10.1. The fourth-order valence-corrected chi connectivity index (χ4v) is 2.43. The molecule has 0 aliphatic carbocycles. The van der Waals surface area contributed by atoms with Crippen LogP contribution in [0.1, 0.15) is 12.0 Å². The van der Waals surface area contributed by atoms with Crippen molar-refractivity contribution >= 4 is 35.3 Å². The maximum Gasteiger partial charge on any atom is 0.214 e. The molecule has 1 aromatic carbocycles. The number of carbonyl (C=O) groups excluding carboxylic acids is 1. The van der Waals surface area contributed by atoms with E-state index in [9.17, 15) is 4.79 Å². The van der Waals surface area contributed by atoms with Crippen molar-refractivity contribution in [3.8, 4) is 0 Å². The zero-order valence-corrected chi connectivity index (χ0v) is 8.98. The van der Waals surface area contributed by atoms with Gasteiger partial charge in [-0.2, -0.15) is 0 Å². The summed E-state index contributed by atoms with van der Waals surface area (Å²) in [5, 5.41) is 1.18. The van der Waals surface area contributed by atoms with E-state index in [4.69, 9.17) is 23.2 Å². The molecule has 14 heavy (non-hydrogen) atoms. The van der Waals surface area contributed by atoms with Gasteiger partial charge in [-0.3, -0.25) is 4.79 Å². The predicted molar refractivity (Wildman–Crippen MR) is 58.2 cm³/mol. The second-order valence-corrected chi connectivity index (χ2v) is 4.14. The van der Waals surface area contributed by atoms with Crippen LogP contribution in [0.3, 0.4) is 0 Å². The fraction of sp³-hybridized carbons (Fsp3) is 0.300. The Morgan fingerprint density at radius 3 is 2.86 bits per heavy atom. The van der Waals surface area contributed by atoms with Crippen LogP contribution in [0.15, 0.2) is 12.1 Å². The highest BCUT2D eigenvalue weighted by molar-refractivity contribution is 6.37. The lowest BCUT2D eigenvalue weighted by Crippen LogP contribution is -2.27. The van der Waals surface area contributed by atoms with Gasteiger partial charge in [0.15, 0.2) is 0 Å². The molecule has 0 bridgehead atoms. The molecule has 1 amide bonds. The monoisotopic (exact) mass is 229 g/mol. The third-order valence-corrected chi connectivity index (χ3v) is 2.87. The Bertz CT molecular complexity index is 379. The van der Waals surface area contributed by atoms with Crippen molar-refractivity contribution in [2.75, 3.05) is 11.4 Å². The number of rotatable bonds is 1. The summed E-state index contributed by atoms with van der Waals surface area (Å²) in [6.45, 7) is 0.734. The smallest absolute Gasteiger partial charge is 0.214 e. The summed E-state index contributed by atoms with van der Waals surface area (Å²) < 4.78 is 0. The van der Waals surface area contributed by atoms with Gasteiger partial charge in [0.25, 0.3) is 0 Å². The number of aryl methyl sites for hydroxylation is 1. The van der Waals surface area contributed by atoms with Crippen molar-refractivity contribution in [1.29, 1.82) is 0 Å². The van der Waals surface area contributed by atoms with Gasteiger partial charge in [0.1, 0.15) is 0 Å². The number of nitrogens with zero attached hydrogens (tertiary/aromatic N) is 1. The van der Waals surface area contributed by atoms with Gasteiger partial charge in [-0.1, -0.05) is 23.2 Å². The van der Waals surface area contributed by atoms with E-state index in [1.165, 1.54) is 0 Å². The average molecular weight is 230 g/mol. The summed E-state index contributed by atoms with van der Waals surface area (Å²) >= 11 is 11.9. The Morgan fingerprint density at radius 2 is 2.14 bits per heavy atom. The number of hydrogen-bond donors (Lipinski definition) is 0. The maximum absolute atomic E-state index is 10.8. The molecule has 1 aromatic rings. The molecule has 1 aliphatic rings. The number of halogens is 2. The summed E-state index contributed by atoms with van der Waals surface area (Å²) in [6, 6.07) is 3.54. The Labute approximate surface area is 92.4 Å². The highest BCUT2D eigenvalue weighted by atomic mass is 35.5. The number of hydrogen-bond acceptors (Lipinski definition) is 1. The summed E-state index contributed by atoms with van der Waals surface area (Å²) in [7, 11) is 0. The van der Waals surface area contributed by atoms with Crippen LogP contribution in [0.25, 0.3) is 0 Å². The fourth-order valence-electron chi connectivity index (χ4n) is 1.79. The SMILES string of the molecule is O=CN1CCCc2cc(Cl)cc(Cl)c21. The predicted octanol–water partition coefficient (Wildman–Crippen LogP) is 2.90. The van der Waals surface area contributed by atoms with Gasteiger partial charge in [-0.15, -0.1) is 0 Å². The second-order valence-electron chi connectivity index (χ2n) is 3.30. The van der Waals surface area contributed by atoms with E-state index in [0.29, 0.717) is 10.0 Å². The minimum atomic E-state index is 0.555. The van der Waals surface area contributed by atoms with Crippen LogP contribution in [-0.4, -0.2) is 13.0 Å². The van der Waals surface area contributed by atoms with Gasteiger partial charge in [-0.05, 0) is 30.5 Å². The number of fused-ring (bicyclic) bond motifs is 1. The van der Waals surface area contributed by atoms with Gasteiger partial charge in [0.05, 0.1) is 10.7 Å². The van der Waals surface area contributed by atoms with Gasteiger partial charge < -0.3 is 4.90 Å². The molecule has 0 atom stereocenters. The van der Waals surface area contributed by atoms with Gasteiger partial charge in [-0.25, -0.2) is 0 Å². The first-order chi connectivity index (χ1) is 6.72.